The van der Waals surface area contributed by atoms with Crippen molar-refractivity contribution >= 4 is 0 Å². The largest absolute Gasteiger partial charge is 0.393 e. The third-order valence-corrected chi connectivity index (χ3v) is 1.21. The van der Waals surface area contributed by atoms with Crippen LogP contribution in [0.2, 0.25) is 0 Å². The Labute approximate surface area is 64.8 Å². The van der Waals surface area contributed by atoms with Gasteiger partial charge in [0.05, 0.1) is 6.10 Å². The van der Waals surface area contributed by atoms with Gasteiger partial charge in [-0.15, -0.1) is 13.2 Å². The Kier molecular flexibility index (Phi) is 10.8. The quantitative estimate of drug-likeness (QED) is 0.604. The van der Waals surface area contributed by atoms with Gasteiger partial charge in [0.1, 0.15) is 0 Å². The molecular formula is C9H20O. The fraction of sp³-hybridized carbons (Fsp3) is 0.778. The van der Waals surface area contributed by atoms with Gasteiger partial charge in [-0.25, -0.2) is 0 Å². The molecule has 0 spiro atoms. The predicted molar refractivity (Wildman–Crippen MR) is 47.0 cm³/mol. The lowest BCUT2D eigenvalue weighted by Gasteiger charge is -2.08. The van der Waals surface area contributed by atoms with Crippen LogP contribution in [0.25, 0.3) is 0 Å². The predicted octanol–water partition coefficient (Wildman–Crippen LogP) is 2.61. The van der Waals surface area contributed by atoms with E-state index in [1.54, 1.807) is 0 Å². The first-order valence-corrected chi connectivity index (χ1v) is 3.84. The van der Waals surface area contributed by atoms with Gasteiger partial charge in [-0.1, -0.05) is 20.8 Å². The molecule has 0 aromatic carbocycles. The van der Waals surface area contributed by atoms with E-state index in [2.05, 4.69) is 27.0 Å². The minimum absolute atomic E-state index is 0.0741. The summed E-state index contributed by atoms with van der Waals surface area (Å²) >= 11 is 0. The lowest BCUT2D eigenvalue weighted by Crippen LogP contribution is -2.07. The van der Waals surface area contributed by atoms with Crippen molar-refractivity contribution < 1.29 is 5.11 Å². The lowest BCUT2D eigenvalue weighted by atomic mass is 10.0. The van der Waals surface area contributed by atoms with Gasteiger partial charge in [0.25, 0.3) is 0 Å². The maximum Gasteiger partial charge on any atom is 0.0540 e. The molecule has 1 nitrogen and oxygen atoms in total. The van der Waals surface area contributed by atoms with Gasteiger partial charge >= 0.3 is 0 Å². The summed E-state index contributed by atoms with van der Waals surface area (Å²) in [5, 5.41) is 9.03. The molecule has 62 valence electrons. The van der Waals surface area contributed by atoms with Crippen molar-refractivity contribution in [2.45, 2.75) is 39.7 Å². The molecule has 0 saturated heterocycles. The van der Waals surface area contributed by atoms with E-state index in [1.165, 1.54) is 0 Å². The third kappa shape index (κ3) is 10.6. The maximum absolute atomic E-state index is 9.03. The first kappa shape index (κ1) is 12.4. The van der Waals surface area contributed by atoms with Crippen molar-refractivity contribution in [2.75, 3.05) is 0 Å². The zero-order valence-corrected chi connectivity index (χ0v) is 7.43. The Bertz CT molecular complexity index is 59.7. The molecule has 0 bridgehead atoms. The Morgan fingerprint density at radius 1 is 1.30 bits per heavy atom. The van der Waals surface area contributed by atoms with Crippen LogP contribution >= 0.6 is 0 Å². The minimum atomic E-state index is -0.0741. The molecule has 0 rings (SSSR count). The zero-order chi connectivity index (χ0) is 8.57. The van der Waals surface area contributed by atoms with Gasteiger partial charge in [0, 0.05) is 0 Å². The number of hydrogen-bond donors (Lipinski definition) is 1. The molecule has 0 aliphatic heterocycles. The number of aliphatic hydroxyl groups is 1. The van der Waals surface area contributed by atoms with Gasteiger partial charge in [-0.2, -0.15) is 0 Å². The molecular weight excluding hydrogens is 124 g/mol. The maximum atomic E-state index is 9.03. The van der Waals surface area contributed by atoms with Crippen LogP contribution in [0, 0.1) is 5.92 Å². The molecule has 10 heavy (non-hydrogen) atoms. The van der Waals surface area contributed by atoms with Crippen molar-refractivity contribution in [1.82, 2.24) is 0 Å². The van der Waals surface area contributed by atoms with Crippen molar-refractivity contribution in [2.24, 2.45) is 5.92 Å². The van der Waals surface area contributed by atoms with E-state index in [1.807, 2.05) is 6.92 Å². The van der Waals surface area contributed by atoms with Crippen molar-refractivity contribution in [3.63, 3.8) is 0 Å². The molecule has 0 fully saturated rings. The fourth-order valence-electron chi connectivity index (χ4n) is 0.711. The third-order valence-electron chi connectivity index (χ3n) is 1.21. The minimum Gasteiger partial charge on any atom is -0.393 e. The summed E-state index contributed by atoms with van der Waals surface area (Å²) in [4.78, 5) is 0. The van der Waals surface area contributed by atoms with E-state index in [0.717, 1.165) is 12.8 Å². The Balaban J connectivity index is 0. The van der Waals surface area contributed by atoms with Crippen molar-refractivity contribution in [3.05, 3.63) is 13.2 Å². The van der Waals surface area contributed by atoms with E-state index >= 15 is 0 Å². The van der Waals surface area contributed by atoms with Crippen LogP contribution in [-0.4, -0.2) is 11.2 Å². The van der Waals surface area contributed by atoms with E-state index in [-0.39, 0.29) is 6.10 Å². The van der Waals surface area contributed by atoms with Crippen molar-refractivity contribution in [1.29, 1.82) is 0 Å². The monoisotopic (exact) mass is 144 g/mol. The average Bonchev–Trinajstić information content (AvgIpc) is 1.91. The normalized spacial score (nSPS) is 12.1. The summed E-state index contributed by atoms with van der Waals surface area (Å²) in [6.45, 7) is 12.3. The van der Waals surface area contributed by atoms with Crippen LogP contribution < -0.4 is 0 Å². The molecule has 0 radical (unpaired) electrons. The number of aliphatic hydroxyl groups excluding tert-OH is 1. The van der Waals surface area contributed by atoms with E-state index in [9.17, 15) is 0 Å². The molecule has 0 saturated carbocycles. The summed E-state index contributed by atoms with van der Waals surface area (Å²) in [5.41, 5.74) is 0. The molecule has 0 heterocycles. The van der Waals surface area contributed by atoms with Crippen LogP contribution in [0.1, 0.15) is 33.6 Å². The van der Waals surface area contributed by atoms with Crippen LogP contribution in [0.3, 0.4) is 0 Å². The van der Waals surface area contributed by atoms with E-state index in [0.29, 0.717) is 5.92 Å². The summed E-state index contributed by atoms with van der Waals surface area (Å²) in [6, 6.07) is 0. The molecule has 0 aromatic rings. The lowest BCUT2D eigenvalue weighted by molar-refractivity contribution is 0.145. The highest BCUT2D eigenvalue weighted by atomic mass is 16.3. The highest BCUT2D eigenvalue weighted by molar-refractivity contribution is 4.54. The van der Waals surface area contributed by atoms with E-state index < -0.39 is 0 Å². The summed E-state index contributed by atoms with van der Waals surface area (Å²) in [5.74, 6) is 0.630. The van der Waals surface area contributed by atoms with Crippen LogP contribution in [0.4, 0.5) is 0 Å². The van der Waals surface area contributed by atoms with Gasteiger partial charge < -0.3 is 5.11 Å². The van der Waals surface area contributed by atoms with Gasteiger partial charge in [0.15, 0.2) is 0 Å². The molecule has 0 amide bonds. The average molecular weight is 144 g/mol. The highest BCUT2D eigenvalue weighted by Crippen LogP contribution is 2.05. The number of rotatable bonds is 3. The molecule has 0 aromatic heterocycles. The van der Waals surface area contributed by atoms with Crippen LogP contribution in [-0.2, 0) is 0 Å². The first-order chi connectivity index (χ1) is 4.66. The SMILES string of the molecule is C=C.CCC(O)CC(C)C. The standard InChI is InChI=1S/C7H16O.C2H4/c1-4-7(8)5-6(2)3;1-2/h6-8H,4-5H2,1-3H3;1-2H2. The molecule has 1 N–H and O–H groups in total. The Hall–Kier alpha value is -0.300. The second kappa shape index (κ2) is 8.70. The Morgan fingerprint density at radius 2 is 1.70 bits per heavy atom. The topological polar surface area (TPSA) is 20.2 Å². The van der Waals surface area contributed by atoms with Crippen LogP contribution in [0.15, 0.2) is 13.2 Å². The summed E-state index contributed by atoms with van der Waals surface area (Å²) in [7, 11) is 0. The molecule has 0 aliphatic carbocycles. The van der Waals surface area contributed by atoms with Gasteiger partial charge in [-0.05, 0) is 18.8 Å². The number of hydrogen-bond acceptors (Lipinski definition) is 1. The van der Waals surface area contributed by atoms with Gasteiger partial charge in [0.2, 0.25) is 0 Å². The summed E-state index contributed by atoms with van der Waals surface area (Å²) in [6.07, 6.45) is 1.75. The van der Waals surface area contributed by atoms with Crippen molar-refractivity contribution in [3.8, 4) is 0 Å². The fourth-order valence-corrected chi connectivity index (χ4v) is 0.711. The summed E-state index contributed by atoms with van der Waals surface area (Å²) < 4.78 is 0. The molecule has 1 atom stereocenters. The molecule has 1 heteroatoms. The smallest absolute Gasteiger partial charge is 0.0540 e. The van der Waals surface area contributed by atoms with E-state index in [4.69, 9.17) is 5.11 Å². The molecule has 1 unspecified atom stereocenters. The van der Waals surface area contributed by atoms with Crippen LogP contribution in [0.5, 0.6) is 0 Å². The second-order valence-electron chi connectivity index (χ2n) is 2.69. The Morgan fingerprint density at radius 3 is 1.80 bits per heavy atom. The highest BCUT2D eigenvalue weighted by Gasteiger charge is 2.01. The molecule has 0 aliphatic rings. The zero-order valence-electron chi connectivity index (χ0n) is 7.43. The second-order valence-corrected chi connectivity index (χ2v) is 2.69. The van der Waals surface area contributed by atoms with Gasteiger partial charge in [-0.3, -0.25) is 0 Å². The first-order valence-electron chi connectivity index (χ1n) is 3.84.